The number of nitrogens with zero attached hydrogens (tertiary/aromatic N) is 2. The van der Waals surface area contributed by atoms with Gasteiger partial charge < -0.3 is 4.52 Å². The first-order valence-corrected chi connectivity index (χ1v) is 8.84. The molecular weight excluding hydrogens is 314 g/mol. The molecule has 1 N–H and O–H groups in total. The minimum Gasteiger partial charge on any atom is -0.334 e. The van der Waals surface area contributed by atoms with Crippen LogP contribution in [0.15, 0.2) is 59.1 Å². The number of hydrogen-bond acceptors (Lipinski definition) is 5. The second-order valence-corrected chi connectivity index (χ2v) is 6.85. The smallest absolute Gasteiger partial charge is 0.260 e. The van der Waals surface area contributed by atoms with Crippen molar-refractivity contribution < 1.29 is 12.9 Å². The molecule has 6 nitrogen and oxygen atoms in total. The van der Waals surface area contributed by atoms with Crippen molar-refractivity contribution >= 4 is 15.7 Å². The van der Waals surface area contributed by atoms with E-state index in [4.69, 9.17) is 4.52 Å². The molecule has 0 spiro atoms. The minimum atomic E-state index is -3.39. The first kappa shape index (κ1) is 15.2. The number of benzene rings is 2. The molecule has 0 aliphatic carbocycles. The molecule has 0 atom stereocenters. The average Bonchev–Trinajstić information content (AvgIpc) is 2.95. The molecule has 7 heteroatoms. The zero-order valence-electron chi connectivity index (χ0n) is 12.4. The monoisotopic (exact) mass is 329 g/mol. The second kappa shape index (κ2) is 6.21. The highest BCUT2D eigenvalue weighted by Gasteiger charge is 2.15. The lowest BCUT2D eigenvalue weighted by atomic mass is 10.1. The van der Waals surface area contributed by atoms with Crippen molar-refractivity contribution in [2.24, 2.45) is 0 Å². The van der Waals surface area contributed by atoms with E-state index in [0.717, 1.165) is 11.8 Å². The maximum absolute atomic E-state index is 11.5. The van der Waals surface area contributed by atoms with E-state index in [0.29, 0.717) is 23.5 Å². The van der Waals surface area contributed by atoms with E-state index in [1.54, 1.807) is 24.3 Å². The molecular formula is C16H15N3O3S. The summed E-state index contributed by atoms with van der Waals surface area (Å²) in [4.78, 5) is 4.35. The van der Waals surface area contributed by atoms with Gasteiger partial charge in [-0.05, 0) is 17.7 Å². The Morgan fingerprint density at radius 3 is 2.48 bits per heavy atom. The molecule has 0 radical (unpaired) electrons. The van der Waals surface area contributed by atoms with Gasteiger partial charge in [0.05, 0.1) is 17.5 Å². The molecule has 0 aliphatic heterocycles. The summed E-state index contributed by atoms with van der Waals surface area (Å²) in [6, 6.07) is 16.7. The fourth-order valence-electron chi connectivity index (χ4n) is 2.17. The molecule has 0 unspecified atom stereocenters. The van der Waals surface area contributed by atoms with Crippen LogP contribution in [-0.2, 0) is 16.4 Å². The maximum atomic E-state index is 11.5. The summed E-state index contributed by atoms with van der Waals surface area (Å²) in [5.74, 6) is 0.822. The highest BCUT2D eigenvalue weighted by atomic mass is 32.2. The highest BCUT2D eigenvalue weighted by molar-refractivity contribution is 7.92. The van der Waals surface area contributed by atoms with Crippen LogP contribution in [0.4, 0.5) is 5.69 Å². The number of nitrogens with one attached hydrogen (secondary N) is 1. The number of aromatic nitrogens is 2. The molecule has 0 saturated heterocycles. The van der Waals surface area contributed by atoms with Crippen molar-refractivity contribution in [3.8, 4) is 11.5 Å². The Balaban J connectivity index is 1.89. The molecule has 0 aliphatic rings. The Kier molecular flexibility index (Phi) is 4.12. The van der Waals surface area contributed by atoms with Crippen LogP contribution in [0.2, 0.25) is 0 Å². The van der Waals surface area contributed by atoms with Gasteiger partial charge in [0.1, 0.15) is 0 Å². The van der Waals surface area contributed by atoms with Crippen LogP contribution in [0.5, 0.6) is 0 Å². The first-order chi connectivity index (χ1) is 11.0. The second-order valence-electron chi connectivity index (χ2n) is 5.10. The van der Waals surface area contributed by atoms with Crippen LogP contribution in [0.25, 0.3) is 11.5 Å². The summed E-state index contributed by atoms with van der Waals surface area (Å²) in [6.07, 6.45) is 1.64. The van der Waals surface area contributed by atoms with Crippen molar-refractivity contribution in [3.63, 3.8) is 0 Å². The zero-order valence-corrected chi connectivity index (χ0v) is 13.2. The Morgan fingerprint density at radius 1 is 1.04 bits per heavy atom. The Hall–Kier alpha value is -2.67. The van der Waals surface area contributed by atoms with E-state index in [1.807, 2.05) is 30.3 Å². The number of sulfonamides is 1. The lowest BCUT2D eigenvalue weighted by molar-refractivity contribution is 0.424. The third-order valence-corrected chi connectivity index (χ3v) is 3.72. The predicted molar refractivity (Wildman–Crippen MR) is 87.4 cm³/mol. The number of para-hydroxylation sites is 1. The molecule has 2 aromatic carbocycles. The number of rotatable bonds is 5. The normalized spacial score (nSPS) is 11.3. The quantitative estimate of drug-likeness (QED) is 0.778. The summed E-state index contributed by atoms with van der Waals surface area (Å²) < 4.78 is 30.6. The zero-order chi connectivity index (χ0) is 16.3. The standard InChI is InChI=1S/C16H15N3O3S/c1-23(20,21)19-14-10-6-5-9-13(14)16-17-15(18-22-16)11-12-7-3-2-4-8-12/h2-10,19H,11H2,1H3. The largest absolute Gasteiger partial charge is 0.334 e. The van der Waals surface area contributed by atoms with Crippen molar-refractivity contribution in [2.75, 3.05) is 11.0 Å². The molecule has 1 heterocycles. The number of hydrogen-bond donors (Lipinski definition) is 1. The fraction of sp³-hybridized carbons (Fsp3) is 0.125. The average molecular weight is 329 g/mol. The Labute approximate surface area is 134 Å². The van der Waals surface area contributed by atoms with E-state index in [-0.39, 0.29) is 5.89 Å². The molecule has 23 heavy (non-hydrogen) atoms. The van der Waals surface area contributed by atoms with Gasteiger partial charge in [0, 0.05) is 6.42 Å². The molecule has 0 amide bonds. The molecule has 0 saturated carbocycles. The van der Waals surface area contributed by atoms with E-state index in [9.17, 15) is 8.42 Å². The van der Waals surface area contributed by atoms with Gasteiger partial charge in [-0.1, -0.05) is 47.6 Å². The predicted octanol–water partition coefficient (Wildman–Crippen LogP) is 2.70. The van der Waals surface area contributed by atoms with Crippen molar-refractivity contribution in [2.45, 2.75) is 6.42 Å². The third kappa shape index (κ3) is 3.95. The summed E-state index contributed by atoms with van der Waals surface area (Å²) in [6.45, 7) is 0. The van der Waals surface area contributed by atoms with Crippen molar-refractivity contribution in [3.05, 3.63) is 66.0 Å². The molecule has 1 aromatic heterocycles. The first-order valence-electron chi connectivity index (χ1n) is 6.95. The van der Waals surface area contributed by atoms with Gasteiger partial charge in [0.25, 0.3) is 5.89 Å². The topological polar surface area (TPSA) is 85.1 Å². The number of anilines is 1. The van der Waals surface area contributed by atoms with E-state index in [1.165, 1.54) is 0 Å². The maximum Gasteiger partial charge on any atom is 0.260 e. The molecule has 118 valence electrons. The van der Waals surface area contributed by atoms with Gasteiger partial charge in [-0.3, -0.25) is 4.72 Å². The lowest BCUT2D eigenvalue weighted by Crippen LogP contribution is -2.10. The van der Waals surface area contributed by atoms with Crippen LogP contribution in [0.1, 0.15) is 11.4 Å². The van der Waals surface area contributed by atoms with Crippen LogP contribution < -0.4 is 4.72 Å². The van der Waals surface area contributed by atoms with E-state index < -0.39 is 10.0 Å². The van der Waals surface area contributed by atoms with Crippen LogP contribution in [0.3, 0.4) is 0 Å². The molecule has 0 bridgehead atoms. The van der Waals surface area contributed by atoms with Crippen molar-refractivity contribution in [1.29, 1.82) is 0 Å². The van der Waals surface area contributed by atoms with Gasteiger partial charge >= 0.3 is 0 Å². The van der Waals surface area contributed by atoms with E-state index in [2.05, 4.69) is 14.9 Å². The van der Waals surface area contributed by atoms with E-state index >= 15 is 0 Å². The van der Waals surface area contributed by atoms with Crippen molar-refractivity contribution in [1.82, 2.24) is 10.1 Å². The summed E-state index contributed by atoms with van der Waals surface area (Å²) in [5.41, 5.74) is 2.03. The molecule has 0 fully saturated rings. The summed E-state index contributed by atoms with van der Waals surface area (Å²) >= 11 is 0. The summed E-state index contributed by atoms with van der Waals surface area (Å²) in [7, 11) is -3.39. The van der Waals surface area contributed by atoms with Crippen LogP contribution in [-0.4, -0.2) is 24.8 Å². The lowest BCUT2D eigenvalue weighted by Gasteiger charge is -2.06. The molecule has 3 rings (SSSR count). The highest BCUT2D eigenvalue weighted by Crippen LogP contribution is 2.27. The van der Waals surface area contributed by atoms with Crippen LogP contribution >= 0.6 is 0 Å². The third-order valence-electron chi connectivity index (χ3n) is 3.13. The Morgan fingerprint density at radius 2 is 1.74 bits per heavy atom. The molecule has 3 aromatic rings. The SMILES string of the molecule is CS(=O)(=O)Nc1ccccc1-c1nc(Cc2ccccc2)no1. The van der Waals surface area contributed by atoms with Gasteiger partial charge in [-0.25, -0.2) is 8.42 Å². The van der Waals surface area contributed by atoms with Gasteiger partial charge in [0.15, 0.2) is 5.82 Å². The fourth-order valence-corrected chi connectivity index (χ4v) is 2.75. The van der Waals surface area contributed by atoms with Gasteiger partial charge in [-0.15, -0.1) is 0 Å². The summed E-state index contributed by atoms with van der Waals surface area (Å²) in [5, 5.41) is 3.96. The van der Waals surface area contributed by atoms with Gasteiger partial charge in [0.2, 0.25) is 10.0 Å². The Bertz CT molecular complexity index is 905. The van der Waals surface area contributed by atoms with Crippen LogP contribution in [0, 0.1) is 0 Å². The minimum absolute atomic E-state index is 0.280. The van der Waals surface area contributed by atoms with Gasteiger partial charge in [-0.2, -0.15) is 4.98 Å².